The lowest BCUT2D eigenvalue weighted by Crippen LogP contribution is -2.21. The zero-order valence-corrected chi connectivity index (χ0v) is 12.4. The zero-order chi connectivity index (χ0) is 15.5. The standard InChI is InChI=1S/C18H18N2O2/c1-12(13-7-9-15(21)10-8-13)19-20-18(22)17-11-16(17)14-5-3-2-4-6-14/h2-10,16-17,21H,11H2,1H3,(H,20,22)/b19-12+/t16-,17-/m1/s1. The number of phenols is 1. The highest BCUT2D eigenvalue weighted by molar-refractivity contribution is 5.99. The molecule has 1 amide bonds. The molecule has 0 spiro atoms. The average molecular weight is 294 g/mol. The van der Waals surface area contributed by atoms with E-state index in [1.165, 1.54) is 5.56 Å². The molecule has 2 aromatic carbocycles. The minimum absolute atomic E-state index is 0.0127. The zero-order valence-electron chi connectivity index (χ0n) is 12.4. The van der Waals surface area contributed by atoms with Crippen LogP contribution in [-0.4, -0.2) is 16.7 Å². The highest BCUT2D eigenvalue weighted by atomic mass is 16.3. The number of nitrogens with one attached hydrogen (secondary N) is 1. The van der Waals surface area contributed by atoms with Gasteiger partial charge in [-0.2, -0.15) is 5.10 Å². The number of aromatic hydroxyl groups is 1. The van der Waals surface area contributed by atoms with Crippen LogP contribution in [0.4, 0.5) is 0 Å². The smallest absolute Gasteiger partial charge is 0.243 e. The van der Waals surface area contributed by atoms with Crippen LogP contribution in [0.3, 0.4) is 0 Å². The van der Waals surface area contributed by atoms with Crippen molar-refractivity contribution < 1.29 is 9.90 Å². The van der Waals surface area contributed by atoms with Gasteiger partial charge in [-0.05, 0) is 54.7 Å². The summed E-state index contributed by atoms with van der Waals surface area (Å²) in [7, 11) is 0. The number of rotatable bonds is 4. The number of carbonyl (C=O) groups is 1. The van der Waals surface area contributed by atoms with Crippen molar-refractivity contribution in [3.05, 3.63) is 65.7 Å². The number of benzene rings is 2. The van der Waals surface area contributed by atoms with E-state index in [2.05, 4.69) is 22.7 Å². The summed E-state index contributed by atoms with van der Waals surface area (Å²) in [4.78, 5) is 12.1. The molecule has 2 atom stereocenters. The number of nitrogens with zero attached hydrogens (tertiary/aromatic N) is 1. The summed E-state index contributed by atoms with van der Waals surface area (Å²) >= 11 is 0. The lowest BCUT2D eigenvalue weighted by molar-refractivity contribution is -0.122. The van der Waals surface area contributed by atoms with E-state index in [9.17, 15) is 9.90 Å². The van der Waals surface area contributed by atoms with Crippen LogP contribution in [0.2, 0.25) is 0 Å². The van der Waals surface area contributed by atoms with Crippen LogP contribution in [-0.2, 0) is 4.79 Å². The summed E-state index contributed by atoms with van der Waals surface area (Å²) in [6.07, 6.45) is 0.879. The molecule has 0 bridgehead atoms. The third-order valence-corrected chi connectivity index (χ3v) is 3.97. The van der Waals surface area contributed by atoms with E-state index in [4.69, 9.17) is 0 Å². The van der Waals surface area contributed by atoms with Gasteiger partial charge in [0.15, 0.2) is 0 Å². The van der Waals surface area contributed by atoms with Gasteiger partial charge in [0.05, 0.1) is 5.71 Å². The molecule has 1 aliphatic carbocycles. The number of hydrogen-bond donors (Lipinski definition) is 2. The van der Waals surface area contributed by atoms with Crippen LogP contribution in [0.5, 0.6) is 5.75 Å². The first-order chi connectivity index (χ1) is 10.6. The Morgan fingerprint density at radius 2 is 1.82 bits per heavy atom. The number of carbonyl (C=O) groups excluding carboxylic acids is 1. The van der Waals surface area contributed by atoms with Crippen LogP contribution >= 0.6 is 0 Å². The first kappa shape index (κ1) is 14.3. The van der Waals surface area contributed by atoms with Crippen molar-refractivity contribution in [2.24, 2.45) is 11.0 Å². The molecule has 3 rings (SSSR count). The Bertz CT molecular complexity index is 693. The molecule has 1 saturated carbocycles. The number of hydrazone groups is 1. The largest absolute Gasteiger partial charge is 0.508 e. The molecular weight excluding hydrogens is 276 g/mol. The summed E-state index contributed by atoms with van der Waals surface area (Å²) in [5.41, 5.74) is 5.44. The molecule has 22 heavy (non-hydrogen) atoms. The number of hydrogen-bond acceptors (Lipinski definition) is 3. The van der Waals surface area contributed by atoms with E-state index < -0.39 is 0 Å². The van der Waals surface area contributed by atoms with Crippen LogP contribution in [0.1, 0.15) is 30.4 Å². The maximum Gasteiger partial charge on any atom is 0.243 e. The monoisotopic (exact) mass is 294 g/mol. The van der Waals surface area contributed by atoms with Gasteiger partial charge in [-0.1, -0.05) is 30.3 Å². The minimum atomic E-state index is -0.0352. The molecule has 0 radical (unpaired) electrons. The van der Waals surface area contributed by atoms with Crippen molar-refractivity contribution in [2.45, 2.75) is 19.3 Å². The Morgan fingerprint density at radius 1 is 1.14 bits per heavy atom. The fourth-order valence-corrected chi connectivity index (χ4v) is 2.54. The lowest BCUT2D eigenvalue weighted by Gasteiger charge is -2.03. The number of phenolic OH excluding ortho intramolecular Hbond substituents is 1. The topological polar surface area (TPSA) is 61.7 Å². The first-order valence-corrected chi connectivity index (χ1v) is 7.33. The lowest BCUT2D eigenvalue weighted by atomic mass is 10.1. The van der Waals surface area contributed by atoms with Gasteiger partial charge in [-0.25, -0.2) is 5.43 Å². The summed E-state index contributed by atoms with van der Waals surface area (Å²) in [5.74, 6) is 0.500. The Labute approximate surface area is 129 Å². The quantitative estimate of drug-likeness (QED) is 0.672. The van der Waals surface area contributed by atoms with Gasteiger partial charge < -0.3 is 5.11 Å². The normalized spacial score (nSPS) is 20.5. The van der Waals surface area contributed by atoms with Gasteiger partial charge in [0.2, 0.25) is 5.91 Å². The Morgan fingerprint density at radius 3 is 2.50 bits per heavy atom. The molecular formula is C18H18N2O2. The molecule has 1 aliphatic rings. The highest BCUT2D eigenvalue weighted by Gasteiger charge is 2.43. The minimum Gasteiger partial charge on any atom is -0.508 e. The van der Waals surface area contributed by atoms with Crippen molar-refractivity contribution in [3.8, 4) is 5.75 Å². The average Bonchev–Trinajstić information content (AvgIpc) is 3.34. The van der Waals surface area contributed by atoms with Gasteiger partial charge in [0, 0.05) is 5.92 Å². The predicted molar refractivity (Wildman–Crippen MR) is 85.8 cm³/mol. The molecule has 112 valence electrons. The Balaban J connectivity index is 1.59. The van der Waals surface area contributed by atoms with E-state index in [0.717, 1.165) is 12.0 Å². The second kappa shape index (κ2) is 6.02. The maximum absolute atomic E-state index is 12.1. The molecule has 0 saturated heterocycles. The molecule has 0 aromatic heterocycles. The predicted octanol–water partition coefficient (Wildman–Crippen LogP) is 3.04. The molecule has 0 unspecified atom stereocenters. The summed E-state index contributed by atoms with van der Waals surface area (Å²) < 4.78 is 0. The van der Waals surface area contributed by atoms with Crippen molar-refractivity contribution in [1.29, 1.82) is 0 Å². The second-order valence-electron chi connectivity index (χ2n) is 5.58. The molecule has 2 aromatic rings. The van der Waals surface area contributed by atoms with Gasteiger partial charge in [0.25, 0.3) is 0 Å². The van der Waals surface area contributed by atoms with Crippen molar-refractivity contribution in [2.75, 3.05) is 0 Å². The molecule has 0 heterocycles. The summed E-state index contributed by atoms with van der Waals surface area (Å²) in [6, 6.07) is 16.8. The van der Waals surface area contributed by atoms with Crippen molar-refractivity contribution in [1.82, 2.24) is 5.43 Å². The van der Waals surface area contributed by atoms with Crippen molar-refractivity contribution >= 4 is 11.6 Å². The van der Waals surface area contributed by atoms with Crippen LogP contribution < -0.4 is 5.43 Å². The molecule has 4 heteroatoms. The molecule has 4 nitrogen and oxygen atoms in total. The van der Waals surface area contributed by atoms with Crippen molar-refractivity contribution in [3.63, 3.8) is 0 Å². The van der Waals surface area contributed by atoms with E-state index in [-0.39, 0.29) is 17.6 Å². The van der Waals surface area contributed by atoms with Crippen LogP contribution in [0.25, 0.3) is 0 Å². The van der Waals surface area contributed by atoms with E-state index in [0.29, 0.717) is 11.6 Å². The maximum atomic E-state index is 12.1. The van der Waals surface area contributed by atoms with E-state index in [1.54, 1.807) is 24.3 Å². The first-order valence-electron chi connectivity index (χ1n) is 7.33. The van der Waals surface area contributed by atoms with Crippen LogP contribution in [0.15, 0.2) is 59.7 Å². The third kappa shape index (κ3) is 3.17. The fraction of sp³-hybridized carbons (Fsp3) is 0.222. The molecule has 1 fully saturated rings. The second-order valence-corrected chi connectivity index (χ2v) is 5.58. The van der Waals surface area contributed by atoms with E-state index >= 15 is 0 Å². The Hall–Kier alpha value is -2.62. The highest BCUT2D eigenvalue weighted by Crippen LogP contribution is 2.47. The molecule has 2 N–H and O–H groups in total. The number of amides is 1. The van der Waals surface area contributed by atoms with E-state index in [1.807, 2.05) is 25.1 Å². The fourth-order valence-electron chi connectivity index (χ4n) is 2.54. The summed E-state index contributed by atoms with van der Waals surface area (Å²) in [6.45, 7) is 1.83. The van der Waals surface area contributed by atoms with Gasteiger partial charge in [-0.15, -0.1) is 0 Å². The van der Waals surface area contributed by atoms with Gasteiger partial charge >= 0.3 is 0 Å². The third-order valence-electron chi connectivity index (χ3n) is 3.97. The summed E-state index contributed by atoms with van der Waals surface area (Å²) in [5, 5.41) is 13.4. The molecule has 0 aliphatic heterocycles. The SMILES string of the molecule is C/C(=N\NC(=O)[C@@H]1C[C@@H]1c1ccccc1)c1ccc(O)cc1. The van der Waals surface area contributed by atoms with Gasteiger partial charge in [0.1, 0.15) is 5.75 Å². The Kier molecular flexibility index (Phi) is 3.92. The van der Waals surface area contributed by atoms with Crippen LogP contribution in [0, 0.1) is 5.92 Å². The van der Waals surface area contributed by atoms with Gasteiger partial charge in [-0.3, -0.25) is 4.79 Å².